The van der Waals surface area contributed by atoms with Crippen molar-refractivity contribution < 1.29 is 14.5 Å². The number of amides is 2. The second-order valence-electron chi connectivity index (χ2n) is 8.63. The van der Waals surface area contributed by atoms with Crippen molar-refractivity contribution in [2.75, 3.05) is 57.3 Å². The highest BCUT2D eigenvalue weighted by atomic mass is 16.6. The fraction of sp³-hybridized carbons (Fsp3) is 0.636. The molecular weight excluding hydrogens is 398 g/mol. The molecule has 2 aliphatic heterocycles. The molecular formula is C22H33N5O4. The normalized spacial score (nSPS) is 18.5. The molecule has 0 spiro atoms. The first kappa shape index (κ1) is 23.0. The van der Waals surface area contributed by atoms with E-state index in [2.05, 4.69) is 17.1 Å². The zero-order valence-corrected chi connectivity index (χ0v) is 18.5. The summed E-state index contributed by atoms with van der Waals surface area (Å²) in [6.07, 6.45) is 3.76. The second kappa shape index (κ2) is 10.6. The van der Waals surface area contributed by atoms with E-state index in [9.17, 15) is 19.7 Å². The lowest BCUT2D eigenvalue weighted by atomic mass is 10.1. The van der Waals surface area contributed by atoms with E-state index in [4.69, 9.17) is 0 Å². The first-order valence-corrected chi connectivity index (χ1v) is 11.1. The van der Waals surface area contributed by atoms with Gasteiger partial charge < -0.3 is 20.0 Å². The van der Waals surface area contributed by atoms with Gasteiger partial charge in [-0.3, -0.25) is 19.7 Å². The Kier molecular flexibility index (Phi) is 7.84. The standard InChI is InChI=1S/C22H33N5O4/c1-17(16-24-8-4-3-5-9-24)15-23-22(29)19-6-7-20(21(14-19)27(30)31)26-12-10-25(11-13-26)18(2)28/h6-7,14,17H,3-5,8-13,15-16H2,1-2H3,(H,23,29). The molecule has 9 nitrogen and oxygen atoms in total. The molecule has 9 heteroatoms. The maximum absolute atomic E-state index is 12.6. The van der Waals surface area contributed by atoms with Gasteiger partial charge in [-0.15, -0.1) is 0 Å². The minimum Gasteiger partial charge on any atom is -0.362 e. The monoisotopic (exact) mass is 431 g/mol. The number of piperazine rings is 1. The third kappa shape index (κ3) is 6.16. The summed E-state index contributed by atoms with van der Waals surface area (Å²) in [5.74, 6) is 0.0334. The van der Waals surface area contributed by atoms with Crippen LogP contribution in [0.2, 0.25) is 0 Å². The van der Waals surface area contributed by atoms with Crippen LogP contribution in [0, 0.1) is 16.0 Å². The van der Waals surface area contributed by atoms with Crippen molar-refractivity contribution in [3.8, 4) is 0 Å². The molecule has 1 aromatic carbocycles. The average Bonchev–Trinajstić information content (AvgIpc) is 2.77. The van der Waals surface area contributed by atoms with Gasteiger partial charge in [0, 0.05) is 57.8 Å². The molecule has 1 N–H and O–H groups in total. The molecule has 0 saturated carbocycles. The maximum Gasteiger partial charge on any atom is 0.293 e. The topological polar surface area (TPSA) is 99.0 Å². The van der Waals surface area contributed by atoms with Gasteiger partial charge in [-0.1, -0.05) is 13.3 Å². The average molecular weight is 432 g/mol. The van der Waals surface area contributed by atoms with Gasteiger partial charge in [-0.05, 0) is 44.0 Å². The first-order valence-electron chi connectivity index (χ1n) is 11.1. The van der Waals surface area contributed by atoms with Gasteiger partial charge in [-0.2, -0.15) is 0 Å². The van der Waals surface area contributed by atoms with E-state index in [-0.39, 0.29) is 17.5 Å². The van der Waals surface area contributed by atoms with E-state index in [0.29, 0.717) is 49.9 Å². The number of rotatable bonds is 7. The van der Waals surface area contributed by atoms with Crippen LogP contribution in [0.3, 0.4) is 0 Å². The summed E-state index contributed by atoms with van der Waals surface area (Å²) in [6.45, 7) is 9.48. The third-order valence-corrected chi connectivity index (χ3v) is 6.13. The summed E-state index contributed by atoms with van der Waals surface area (Å²) in [5, 5.41) is 14.6. The molecule has 1 unspecified atom stereocenters. The van der Waals surface area contributed by atoms with Crippen LogP contribution in [0.5, 0.6) is 0 Å². The molecule has 2 heterocycles. The highest BCUT2D eigenvalue weighted by molar-refractivity contribution is 5.95. The Bertz CT molecular complexity index is 801. The van der Waals surface area contributed by atoms with Crippen molar-refractivity contribution in [1.29, 1.82) is 0 Å². The Balaban J connectivity index is 1.60. The fourth-order valence-corrected chi connectivity index (χ4v) is 4.36. The van der Waals surface area contributed by atoms with Crippen LogP contribution in [0.1, 0.15) is 43.5 Å². The predicted molar refractivity (Wildman–Crippen MR) is 119 cm³/mol. The van der Waals surface area contributed by atoms with Crippen LogP contribution < -0.4 is 10.2 Å². The highest BCUT2D eigenvalue weighted by Gasteiger charge is 2.26. The van der Waals surface area contributed by atoms with Gasteiger partial charge in [0.05, 0.1) is 4.92 Å². The minimum atomic E-state index is -0.442. The molecule has 1 aromatic rings. The van der Waals surface area contributed by atoms with Crippen LogP contribution >= 0.6 is 0 Å². The number of piperidine rings is 1. The van der Waals surface area contributed by atoms with Gasteiger partial charge in [0.25, 0.3) is 11.6 Å². The molecule has 0 aliphatic carbocycles. The number of hydrogen-bond donors (Lipinski definition) is 1. The molecule has 2 aliphatic rings. The number of anilines is 1. The van der Waals surface area contributed by atoms with Crippen molar-refractivity contribution in [1.82, 2.24) is 15.1 Å². The van der Waals surface area contributed by atoms with Crippen molar-refractivity contribution in [2.24, 2.45) is 5.92 Å². The summed E-state index contributed by atoms with van der Waals surface area (Å²) >= 11 is 0. The maximum atomic E-state index is 12.6. The van der Waals surface area contributed by atoms with E-state index in [1.54, 1.807) is 17.0 Å². The number of nitro benzene ring substituents is 1. The molecule has 31 heavy (non-hydrogen) atoms. The summed E-state index contributed by atoms with van der Waals surface area (Å²) in [6, 6.07) is 4.65. The Morgan fingerprint density at radius 2 is 1.77 bits per heavy atom. The Hall–Kier alpha value is -2.68. The van der Waals surface area contributed by atoms with E-state index in [1.165, 1.54) is 32.3 Å². The molecule has 0 aromatic heterocycles. The smallest absolute Gasteiger partial charge is 0.293 e. The molecule has 0 radical (unpaired) electrons. The van der Waals surface area contributed by atoms with Gasteiger partial charge in [0.1, 0.15) is 5.69 Å². The number of hydrogen-bond acceptors (Lipinski definition) is 6. The number of benzene rings is 1. The molecule has 0 bridgehead atoms. The number of nitrogens with zero attached hydrogens (tertiary/aromatic N) is 4. The van der Waals surface area contributed by atoms with Crippen LogP contribution in [-0.2, 0) is 4.79 Å². The molecule has 2 fully saturated rings. The summed E-state index contributed by atoms with van der Waals surface area (Å²) in [5.41, 5.74) is 0.705. The lowest BCUT2D eigenvalue weighted by Gasteiger charge is -2.35. The van der Waals surface area contributed by atoms with E-state index in [1.807, 2.05) is 4.90 Å². The highest BCUT2D eigenvalue weighted by Crippen LogP contribution is 2.30. The van der Waals surface area contributed by atoms with Crippen molar-refractivity contribution >= 4 is 23.2 Å². The van der Waals surface area contributed by atoms with Crippen LogP contribution in [0.4, 0.5) is 11.4 Å². The second-order valence-corrected chi connectivity index (χ2v) is 8.63. The number of likely N-dealkylation sites (tertiary alicyclic amines) is 1. The van der Waals surface area contributed by atoms with Gasteiger partial charge in [0.15, 0.2) is 0 Å². The van der Waals surface area contributed by atoms with Crippen LogP contribution in [0.15, 0.2) is 18.2 Å². The molecule has 170 valence electrons. The van der Waals surface area contributed by atoms with E-state index >= 15 is 0 Å². The molecule has 1 atom stereocenters. The lowest BCUT2D eigenvalue weighted by Crippen LogP contribution is -2.48. The van der Waals surface area contributed by atoms with Crippen molar-refractivity contribution in [3.63, 3.8) is 0 Å². The number of nitrogens with one attached hydrogen (secondary N) is 1. The van der Waals surface area contributed by atoms with Crippen LogP contribution in [-0.4, -0.2) is 78.9 Å². The Morgan fingerprint density at radius 1 is 1.10 bits per heavy atom. The van der Waals surface area contributed by atoms with Gasteiger partial charge in [0.2, 0.25) is 5.91 Å². The number of carbonyl (C=O) groups is 2. The summed E-state index contributed by atoms with van der Waals surface area (Å²) < 4.78 is 0. The largest absolute Gasteiger partial charge is 0.362 e. The predicted octanol–water partition coefficient (Wildman–Crippen LogP) is 2.12. The zero-order valence-electron chi connectivity index (χ0n) is 18.5. The van der Waals surface area contributed by atoms with E-state index < -0.39 is 4.92 Å². The first-order chi connectivity index (χ1) is 14.8. The van der Waals surface area contributed by atoms with Gasteiger partial charge >= 0.3 is 0 Å². The molecule has 3 rings (SSSR count). The summed E-state index contributed by atoms with van der Waals surface area (Å²) in [4.78, 5) is 41.4. The third-order valence-electron chi connectivity index (χ3n) is 6.13. The van der Waals surface area contributed by atoms with Crippen LogP contribution in [0.25, 0.3) is 0 Å². The fourth-order valence-electron chi connectivity index (χ4n) is 4.36. The zero-order chi connectivity index (χ0) is 22.4. The van der Waals surface area contributed by atoms with Crippen molar-refractivity contribution in [2.45, 2.75) is 33.1 Å². The quantitative estimate of drug-likeness (QED) is 0.524. The Morgan fingerprint density at radius 3 is 2.39 bits per heavy atom. The Labute approximate surface area is 183 Å². The minimum absolute atomic E-state index is 0.00989. The SMILES string of the molecule is CC(=O)N1CCN(c2ccc(C(=O)NCC(C)CN3CCCCC3)cc2[N+](=O)[O-])CC1. The molecule has 2 amide bonds. The van der Waals surface area contributed by atoms with Crippen molar-refractivity contribution in [3.05, 3.63) is 33.9 Å². The van der Waals surface area contributed by atoms with E-state index in [0.717, 1.165) is 19.6 Å². The molecule has 2 saturated heterocycles. The number of nitro groups is 1. The van der Waals surface area contributed by atoms with Gasteiger partial charge in [-0.25, -0.2) is 0 Å². The summed E-state index contributed by atoms with van der Waals surface area (Å²) in [7, 11) is 0. The number of carbonyl (C=O) groups excluding carboxylic acids is 2. The lowest BCUT2D eigenvalue weighted by molar-refractivity contribution is -0.384.